The van der Waals surface area contributed by atoms with E-state index in [9.17, 15) is 0 Å². The maximum atomic E-state index is 5.60. The number of fused-ring (bicyclic) bond motifs is 1. The second kappa shape index (κ2) is 5.40. The molecule has 0 aromatic carbocycles. The molecule has 0 radical (unpaired) electrons. The molecule has 0 aliphatic carbocycles. The van der Waals surface area contributed by atoms with Gasteiger partial charge in [-0.1, -0.05) is 0 Å². The van der Waals surface area contributed by atoms with Crippen molar-refractivity contribution >= 4 is 22.9 Å². The van der Waals surface area contributed by atoms with Crippen molar-refractivity contribution in [3.63, 3.8) is 0 Å². The highest BCUT2D eigenvalue weighted by Crippen LogP contribution is 2.20. The average molecular weight is 262 g/mol. The summed E-state index contributed by atoms with van der Waals surface area (Å²) in [5.74, 6) is 1.37. The van der Waals surface area contributed by atoms with Crippen molar-refractivity contribution in [3.8, 4) is 0 Å². The Kier molecular flexibility index (Phi) is 3.45. The Balaban J connectivity index is 1.80. The molecular formula is C12H18N6O. The molecule has 1 aliphatic heterocycles. The van der Waals surface area contributed by atoms with Gasteiger partial charge in [-0.2, -0.15) is 9.97 Å². The maximum absolute atomic E-state index is 5.60. The van der Waals surface area contributed by atoms with Crippen LogP contribution in [-0.2, 0) is 4.74 Å². The van der Waals surface area contributed by atoms with E-state index in [1.165, 1.54) is 0 Å². The van der Waals surface area contributed by atoms with E-state index < -0.39 is 0 Å². The fraction of sp³-hybridized carbons (Fsp3) is 0.583. The normalized spacial score (nSPS) is 18.9. The summed E-state index contributed by atoms with van der Waals surface area (Å²) in [6, 6.07) is 0. The van der Waals surface area contributed by atoms with E-state index in [0.717, 1.165) is 43.9 Å². The fourth-order valence-corrected chi connectivity index (χ4v) is 2.21. The highest BCUT2D eigenvalue weighted by Gasteiger charge is 2.16. The van der Waals surface area contributed by atoms with Crippen LogP contribution in [-0.4, -0.2) is 45.7 Å². The van der Waals surface area contributed by atoms with Crippen molar-refractivity contribution in [3.05, 3.63) is 6.33 Å². The monoisotopic (exact) mass is 262 g/mol. The summed E-state index contributed by atoms with van der Waals surface area (Å²) in [5.41, 5.74) is 1.50. The summed E-state index contributed by atoms with van der Waals surface area (Å²) >= 11 is 0. The lowest BCUT2D eigenvalue weighted by Gasteiger charge is -2.12. The third-order valence-electron chi connectivity index (χ3n) is 3.14. The fourth-order valence-electron chi connectivity index (χ4n) is 2.21. The number of nitrogens with one attached hydrogen (secondary N) is 3. The number of anilines is 2. The van der Waals surface area contributed by atoms with Crippen molar-refractivity contribution in [1.82, 2.24) is 19.9 Å². The zero-order chi connectivity index (χ0) is 13.1. The van der Waals surface area contributed by atoms with Crippen LogP contribution in [0.4, 0.5) is 11.8 Å². The largest absolute Gasteiger partial charge is 0.376 e. The van der Waals surface area contributed by atoms with Crippen molar-refractivity contribution in [2.45, 2.75) is 25.9 Å². The van der Waals surface area contributed by atoms with Crippen LogP contribution in [0.1, 0.15) is 19.8 Å². The molecule has 1 atom stereocenters. The molecule has 2 aromatic heterocycles. The van der Waals surface area contributed by atoms with E-state index in [1.54, 1.807) is 6.33 Å². The first-order chi connectivity index (χ1) is 9.36. The highest BCUT2D eigenvalue weighted by molar-refractivity contribution is 5.83. The van der Waals surface area contributed by atoms with Crippen molar-refractivity contribution < 1.29 is 4.74 Å². The minimum atomic E-state index is 0.274. The van der Waals surface area contributed by atoms with E-state index in [1.807, 2.05) is 6.92 Å². The van der Waals surface area contributed by atoms with Crippen LogP contribution in [0.15, 0.2) is 6.33 Å². The summed E-state index contributed by atoms with van der Waals surface area (Å²) in [4.78, 5) is 16.0. The molecule has 1 fully saturated rings. The Morgan fingerprint density at radius 3 is 3.16 bits per heavy atom. The number of H-pyrrole nitrogens is 1. The van der Waals surface area contributed by atoms with Crippen LogP contribution in [0.3, 0.4) is 0 Å². The second-order valence-electron chi connectivity index (χ2n) is 4.54. The second-order valence-corrected chi connectivity index (χ2v) is 4.54. The number of aromatic nitrogens is 4. The van der Waals surface area contributed by atoms with Crippen LogP contribution >= 0.6 is 0 Å². The Bertz CT molecular complexity index is 548. The van der Waals surface area contributed by atoms with E-state index in [4.69, 9.17) is 4.74 Å². The molecular weight excluding hydrogens is 244 g/mol. The lowest BCUT2D eigenvalue weighted by atomic mass is 10.2. The average Bonchev–Trinajstić information content (AvgIpc) is 3.07. The Hall–Kier alpha value is -1.89. The lowest BCUT2D eigenvalue weighted by molar-refractivity contribution is 0.120. The summed E-state index contributed by atoms with van der Waals surface area (Å²) in [6.45, 7) is 4.41. The number of imidazole rings is 1. The molecule has 102 valence electrons. The van der Waals surface area contributed by atoms with Gasteiger partial charge in [0.05, 0.1) is 12.4 Å². The minimum Gasteiger partial charge on any atom is -0.376 e. The predicted octanol–water partition coefficient (Wildman–Crippen LogP) is 1.38. The van der Waals surface area contributed by atoms with Gasteiger partial charge in [0, 0.05) is 19.7 Å². The van der Waals surface area contributed by atoms with Gasteiger partial charge in [-0.15, -0.1) is 0 Å². The predicted molar refractivity (Wildman–Crippen MR) is 73.3 cm³/mol. The van der Waals surface area contributed by atoms with Gasteiger partial charge in [0.2, 0.25) is 5.95 Å². The summed E-state index contributed by atoms with van der Waals surface area (Å²) in [5, 5.41) is 6.44. The number of aromatic amines is 1. The van der Waals surface area contributed by atoms with Gasteiger partial charge in [0.1, 0.15) is 5.52 Å². The van der Waals surface area contributed by atoms with E-state index in [2.05, 4.69) is 30.6 Å². The Labute approximate surface area is 111 Å². The van der Waals surface area contributed by atoms with E-state index in [0.29, 0.717) is 11.6 Å². The molecule has 3 N–H and O–H groups in total. The molecule has 7 heteroatoms. The zero-order valence-corrected chi connectivity index (χ0v) is 10.9. The summed E-state index contributed by atoms with van der Waals surface area (Å²) in [7, 11) is 0. The smallest absolute Gasteiger partial charge is 0.226 e. The SMILES string of the molecule is CCNc1nc(NCC2CCCO2)c2[nH]cnc2n1. The molecule has 0 saturated carbocycles. The molecule has 3 heterocycles. The van der Waals surface area contributed by atoms with Crippen LogP contribution in [0.5, 0.6) is 0 Å². The Morgan fingerprint density at radius 1 is 1.42 bits per heavy atom. The number of hydrogen-bond donors (Lipinski definition) is 3. The van der Waals surface area contributed by atoms with Gasteiger partial charge >= 0.3 is 0 Å². The molecule has 3 rings (SSSR count). The van der Waals surface area contributed by atoms with Crippen molar-refractivity contribution in [1.29, 1.82) is 0 Å². The zero-order valence-electron chi connectivity index (χ0n) is 10.9. The third-order valence-corrected chi connectivity index (χ3v) is 3.14. The molecule has 7 nitrogen and oxygen atoms in total. The molecule has 1 saturated heterocycles. The van der Waals surface area contributed by atoms with Gasteiger partial charge < -0.3 is 20.4 Å². The highest BCUT2D eigenvalue weighted by atomic mass is 16.5. The number of hydrogen-bond acceptors (Lipinski definition) is 6. The van der Waals surface area contributed by atoms with Crippen LogP contribution < -0.4 is 10.6 Å². The Morgan fingerprint density at radius 2 is 2.37 bits per heavy atom. The first-order valence-electron chi connectivity index (χ1n) is 6.67. The quantitative estimate of drug-likeness (QED) is 0.754. The molecule has 1 unspecified atom stereocenters. The number of rotatable bonds is 5. The molecule has 19 heavy (non-hydrogen) atoms. The standard InChI is InChI=1S/C12H18N6O/c1-2-13-12-17-10(9-11(18-12)16-7-15-9)14-6-8-4-3-5-19-8/h7-8H,2-6H2,1H3,(H3,13,14,15,16,17,18). The molecule has 1 aliphatic rings. The number of nitrogens with zero attached hydrogens (tertiary/aromatic N) is 3. The molecule has 2 aromatic rings. The van der Waals surface area contributed by atoms with Gasteiger partial charge in [0.15, 0.2) is 11.5 Å². The maximum Gasteiger partial charge on any atom is 0.226 e. The molecule has 0 bridgehead atoms. The molecule has 0 spiro atoms. The van der Waals surface area contributed by atoms with Gasteiger partial charge in [-0.25, -0.2) is 4.98 Å². The van der Waals surface area contributed by atoms with E-state index >= 15 is 0 Å². The first kappa shape index (κ1) is 12.2. The topological polar surface area (TPSA) is 87.8 Å². The number of ether oxygens (including phenoxy) is 1. The van der Waals surface area contributed by atoms with Gasteiger partial charge in [-0.3, -0.25) is 0 Å². The summed E-state index contributed by atoms with van der Waals surface area (Å²) < 4.78 is 5.60. The van der Waals surface area contributed by atoms with Crippen molar-refractivity contribution in [2.75, 3.05) is 30.3 Å². The lowest BCUT2D eigenvalue weighted by Crippen LogP contribution is -2.19. The van der Waals surface area contributed by atoms with E-state index in [-0.39, 0.29) is 6.10 Å². The van der Waals surface area contributed by atoms with Gasteiger partial charge in [-0.05, 0) is 19.8 Å². The van der Waals surface area contributed by atoms with Crippen LogP contribution in [0.25, 0.3) is 11.2 Å². The summed E-state index contributed by atoms with van der Waals surface area (Å²) in [6.07, 6.45) is 4.14. The minimum absolute atomic E-state index is 0.274. The van der Waals surface area contributed by atoms with Crippen LogP contribution in [0, 0.1) is 0 Å². The van der Waals surface area contributed by atoms with Crippen LogP contribution in [0.2, 0.25) is 0 Å². The first-order valence-corrected chi connectivity index (χ1v) is 6.67. The van der Waals surface area contributed by atoms with Crippen molar-refractivity contribution in [2.24, 2.45) is 0 Å². The van der Waals surface area contributed by atoms with Gasteiger partial charge in [0.25, 0.3) is 0 Å². The molecule has 0 amide bonds. The third kappa shape index (κ3) is 2.60.